The third kappa shape index (κ3) is 4.98. The number of aliphatic hydroxyl groups is 1. The van der Waals surface area contributed by atoms with E-state index in [9.17, 15) is 0 Å². The fourth-order valence-corrected chi connectivity index (χ4v) is 1.74. The molecule has 0 amide bonds. The first-order valence-corrected chi connectivity index (χ1v) is 5.91. The maximum Gasteiger partial charge on any atom is 0.108 e. The van der Waals surface area contributed by atoms with Crippen molar-refractivity contribution in [2.75, 3.05) is 6.61 Å². The van der Waals surface area contributed by atoms with E-state index in [1.165, 1.54) is 37.9 Å². The molecule has 1 aromatic heterocycles. The summed E-state index contributed by atoms with van der Waals surface area (Å²) in [6.45, 7) is 0.341. The van der Waals surface area contributed by atoms with Crippen molar-refractivity contribution in [3.8, 4) is 0 Å². The van der Waals surface area contributed by atoms with E-state index in [0.717, 1.165) is 12.8 Å². The predicted octanol–water partition coefficient (Wildman–Crippen LogP) is 2.30. The molecule has 0 unspecified atom stereocenters. The molecular formula is C12H22N2O. The van der Waals surface area contributed by atoms with E-state index in [2.05, 4.69) is 9.55 Å². The highest BCUT2D eigenvalue weighted by Crippen LogP contribution is 2.08. The van der Waals surface area contributed by atoms with E-state index < -0.39 is 0 Å². The van der Waals surface area contributed by atoms with Gasteiger partial charge < -0.3 is 9.67 Å². The second-order valence-corrected chi connectivity index (χ2v) is 4.05. The van der Waals surface area contributed by atoms with Crippen LogP contribution in [-0.4, -0.2) is 21.3 Å². The van der Waals surface area contributed by atoms with Gasteiger partial charge in [-0.25, -0.2) is 4.98 Å². The van der Waals surface area contributed by atoms with Crippen molar-refractivity contribution >= 4 is 0 Å². The van der Waals surface area contributed by atoms with Gasteiger partial charge in [0.1, 0.15) is 5.82 Å². The zero-order valence-electron chi connectivity index (χ0n) is 9.65. The van der Waals surface area contributed by atoms with Gasteiger partial charge >= 0.3 is 0 Å². The standard InChI is InChI=1S/C12H22N2O/c1-14-10-9-13-12(14)8-6-4-2-3-5-7-11-15/h9-10,15H,2-8,11H2,1H3. The molecule has 0 bridgehead atoms. The first-order valence-electron chi connectivity index (χ1n) is 5.91. The van der Waals surface area contributed by atoms with Gasteiger partial charge in [0.2, 0.25) is 0 Å². The maximum atomic E-state index is 8.61. The molecule has 0 spiro atoms. The van der Waals surface area contributed by atoms with Gasteiger partial charge in [-0.1, -0.05) is 25.7 Å². The van der Waals surface area contributed by atoms with Crippen LogP contribution in [0.2, 0.25) is 0 Å². The Kier molecular flexibility index (Phi) is 6.09. The number of unbranched alkanes of at least 4 members (excludes halogenated alkanes) is 5. The van der Waals surface area contributed by atoms with Crippen molar-refractivity contribution in [1.82, 2.24) is 9.55 Å². The fourth-order valence-electron chi connectivity index (χ4n) is 1.74. The number of rotatable bonds is 8. The summed E-state index contributed by atoms with van der Waals surface area (Å²) < 4.78 is 2.09. The molecule has 3 heteroatoms. The summed E-state index contributed by atoms with van der Waals surface area (Å²) in [6, 6.07) is 0. The first-order chi connectivity index (χ1) is 7.34. The molecule has 0 fully saturated rings. The number of aromatic nitrogens is 2. The highest BCUT2D eigenvalue weighted by molar-refractivity contribution is 4.90. The predicted molar refractivity (Wildman–Crippen MR) is 61.7 cm³/mol. The van der Waals surface area contributed by atoms with Gasteiger partial charge in [-0.05, 0) is 12.8 Å². The Morgan fingerprint density at radius 2 is 1.80 bits per heavy atom. The number of aryl methyl sites for hydroxylation is 2. The van der Waals surface area contributed by atoms with Crippen molar-refractivity contribution in [2.24, 2.45) is 7.05 Å². The van der Waals surface area contributed by atoms with E-state index in [4.69, 9.17) is 5.11 Å². The number of nitrogens with zero attached hydrogens (tertiary/aromatic N) is 2. The van der Waals surface area contributed by atoms with Crippen molar-refractivity contribution in [2.45, 2.75) is 44.9 Å². The minimum Gasteiger partial charge on any atom is -0.396 e. The van der Waals surface area contributed by atoms with Crippen molar-refractivity contribution < 1.29 is 5.11 Å². The zero-order valence-corrected chi connectivity index (χ0v) is 9.65. The van der Waals surface area contributed by atoms with E-state index in [-0.39, 0.29) is 0 Å². The molecule has 3 nitrogen and oxygen atoms in total. The van der Waals surface area contributed by atoms with Crippen LogP contribution in [-0.2, 0) is 13.5 Å². The van der Waals surface area contributed by atoms with Gasteiger partial charge in [0.05, 0.1) is 0 Å². The Balaban J connectivity index is 1.96. The lowest BCUT2D eigenvalue weighted by molar-refractivity contribution is 0.282. The smallest absolute Gasteiger partial charge is 0.108 e. The normalized spacial score (nSPS) is 10.8. The Bertz CT molecular complexity index is 258. The summed E-state index contributed by atoms with van der Waals surface area (Å²) >= 11 is 0. The third-order valence-electron chi connectivity index (χ3n) is 2.73. The topological polar surface area (TPSA) is 38.0 Å². The molecule has 0 saturated heterocycles. The van der Waals surface area contributed by atoms with Crippen LogP contribution in [0.5, 0.6) is 0 Å². The molecule has 0 aromatic carbocycles. The largest absolute Gasteiger partial charge is 0.396 e. The van der Waals surface area contributed by atoms with Crippen LogP contribution in [0, 0.1) is 0 Å². The Labute approximate surface area is 92.1 Å². The van der Waals surface area contributed by atoms with Gasteiger partial charge in [0, 0.05) is 32.5 Å². The number of hydrogen-bond donors (Lipinski definition) is 1. The second-order valence-electron chi connectivity index (χ2n) is 4.05. The number of hydrogen-bond acceptors (Lipinski definition) is 2. The third-order valence-corrected chi connectivity index (χ3v) is 2.73. The number of imidazole rings is 1. The van der Waals surface area contributed by atoms with Crippen LogP contribution in [0.3, 0.4) is 0 Å². The van der Waals surface area contributed by atoms with Gasteiger partial charge in [0.15, 0.2) is 0 Å². The number of aliphatic hydroxyl groups excluding tert-OH is 1. The minimum atomic E-state index is 0.341. The molecule has 15 heavy (non-hydrogen) atoms. The average molecular weight is 210 g/mol. The zero-order chi connectivity index (χ0) is 10.9. The molecule has 0 radical (unpaired) electrons. The van der Waals surface area contributed by atoms with Crippen LogP contribution >= 0.6 is 0 Å². The Hall–Kier alpha value is -0.830. The molecule has 0 aliphatic heterocycles. The molecule has 1 heterocycles. The van der Waals surface area contributed by atoms with Crippen molar-refractivity contribution in [1.29, 1.82) is 0 Å². The molecule has 1 rings (SSSR count). The maximum absolute atomic E-state index is 8.61. The van der Waals surface area contributed by atoms with Gasteiger partial charge in [-0.2, -0.15) is 0 Å². The summed E-state index contributed by atoms with van der Waals surface area (Å²) in [7, 11) is 2.05. The summed E-state index contributed by atoms with van der Waals surface area (Å²) in [5, 5.41) is 8.61. The molecule has 1 aromatic rings. The lowest BCUT2D eigenvalue weighted by Gasteiger charge is -2.02. The van der Waals surface area contributed by atoms with E-state index >= 15 is 0 Å². The molecule has 0 saturated carbocycles. The summed E-state index contributed by atoms with van der Waals surface area (Å²) in [6.07, 6.45) is 12.1. The SMILES string of the molecule is Cn1ccnc1CCCCCCCCO. The Morgan fingerprint density at radius 1 is 1.13 bits per heavy atom. The second kappa shape index (κ2) is 7.46. The van der Waals surface area contributed by atoms with Gasteiger partial charge in [-0.3, -0.25) is 0 Å². The van der Waals surface area contributed by atoms with E-state index in [0.29, 0.717) is 6.61 Å². The monoisotopic (exact) mass is 210 g/mol. The fraction of sp³-hybridized carbons (Fsp3) is 0.750. The van der Waals surface area contributed by atoms with Crippen LogP contribution < -0.4 is 0 Å². The lowest BCUT2D eigenvalue weighted by atomic mass is 10.1. The van der Waals surface area contributed by atoms with Crippen molar-refractivity contribution in [3.05, 3.63) is 18.2 Å². The van der Waals surface area contributed by atoms with E-state index in [1.54, 1.807) is 0 Å². The Morgan fingerprint density at radius 3 is 2.40 bits per heavy atom. The van der Waals surface area contributed by atoms with Crippen LogP contribution in [0.1, 0.15) is 44.3 Å². The summed E-state index contributed by atoms with van der Waals surface area (Å²) in [4.78, 5) is 4.29. The van der Waals surface area contributed by atoms with Crippen LogP contribution in [0.15, 0.2) is 12.4 Å². The first kappa shape index (κ1) is 12.2. The molecule has 0 aliphatic carbocycles. The average Bonchev–Trinajstić information content (AvgIpc) is 2.63. The highest BCUT2D eigenvalue weighted by atomic mass is 16.2. The van der Waals surface area contributed by atoms with Crippen LogP contribution in [0.4, 0.5) is 0 Å². The summed E-state index contributed by atoms with van der Waals surface area (Å²) in [5.41, 5.74) is 0. The van der Waals surface area contributed by atoms with E-state index in [1.807, 2.05) is 19.4 Å². The summed E-state index contributed by atoms with van der Waals surface area (Å²) in [5.74, 6) is 1.19. The molecule has 0 atom stereocenters. The molecule has 0 aliphatic rings. The van der Waals surface area contributed by atoms with Crippen LogP contribution in [0.25, 0.3) is 0 Å². The quantitative estimate of drug-likeness (QED) is 0.669. The molecule has 86 valence electrons. The van der Waals surface area contributed by atoms with Crippen molar-refractivity contribution in [3.63, 3.8) is 0 Å². The highest BCUT2D eigenvalue weighted by Gasteiger charge is 1.98. The molecular weight excluding hydrogens is 188 g/mol. The molecule has 1 N–H and O–H groups in total. The minimum absolute atomic E-state index is 0.341. The lowest BCUT2D eigenvalue weighted by Crippen LogP contribution is -1.97. The van der Waals surface area contributed by atoms with Gasteiger partial charge in [0.25, 0.3) is 0 Å². The van der Waals surface area contributed by atoms with Gasteiger partial charge in [-0.15, -0.1) is 0 Å².